The summed E-state index contributed by atoms with van der Waals surface area (Å²) >= 11 is 1.05. The second-order valence-electron chi connectivity index (χ2n) is 8.17. The van der Waals surface area contributed by atoms with Crippen LogP contribution >= 0.6 is 11.7 Å². The third-order valence-corrected chi connectivity index (χ3v) is 6.24. The van der Waals surface area contributed by atoms with Crippen LogP contribution in [0.4, 0.5) is 22.9 Å². The SMILES string of the molecule is [C-]#[N+]C(C#N)=Nc1ncc(-c2ccc(N(c3ccc(C)cc3)c3ccc(C)cc3)cc2)c2nsnc12. The average Bonchev–Trinajstić information content (AvgIpc) is 3.41. The molecule has 172 valence electrons. The summed E-state index contributed by atoms with van der Waals surface area (Å²) < 4.78 is 8.74. The molecule has 8 heteroatoms. The van der Waals surface area contributed by atoms with E-state index < -0.39 is 0 Å². The Morgan fingerprint density at radius 2 is 1.39 bits per heavy atom. The number of fused-ring (bicyclic) bond motifs is 1. The van der Waals surface area contributed by atoms with E-state index in [1.807, 2.05) is 12.1 Å². The molecule has 0 atom stereocenters. The minimum atomic E-state index is -0.291. The Balaban J connectivity index is 1.56. The minimum absolute atomic E-state index is 0.219. The number of hydrogen-bond donors (Lipinski definition) is 0. The van der Waals surface area contributed by atoms with Crippen LogP contribution in [0.5, 0.6) is 0 Å². The van der Waals surface area contributed by atoms with Crippen molar-refractivity contribution in [1.29, 1.82) is 5.26 Å². The molecule has 0 unspecified atom stereocenters. The molecule has 3 aromatic carbocycles. The summed E-state index contributed by atoms with van der Waals surface area (Å²) in [7, 11) is 0. The Bertz CT molecular complexity index is 1590. The Morgan fingerprint density at radius 1 is 0.861 bits per heavy atom. The van der Waals surface area contributed by atoms with Crippen LogP contribution in [-0.2, 0) is 0 Å². The van der Waals surface area contributed by atoms with E-state index in [4.69, 9.17) is 11.8 Å². The summed E-state index contributed by atoms with van der Waals surface area (Å²) in [6.45, 7) is 11.2. The molecule has 0 radical (unpaired) electrons. The number of hydrogen-bond acceptors (Lipinski definition) is 7. The van der Waals surface area contributed by atoms with Gasteiger partial charge in [0.2, 0.25) is 0 Å². The van der Waals surface area contributed by atoms with Crippen molar-refractivity contribution in [1.82, 2.24) is 13.7 Å². The van der Waals surface area contributed by atoms with Gasteiger partial charge in [-0.15, -0.1) is 0 Å². The van der Waals surface area contributed by atoms with Gasteiger partial charge in [-0.2, -0.15) is 8.75 Å². The molecule has 2 aromatic heterocycles. The lowest BCUT2D eigenvalue weighted by Gasteiger charge is -2.26. The van der Waals surface area contributed by atoms with Crippen LogP contribution in [0.3, 0.4) is 0 Å². The monoisotopic (exact) mass is 485 g/mol. The van der Waals surface area contributed by atoms with Gasteiger partial charge in [-0.3, -0.25) is 0 Å². The fourth-order valence-electron chi connectivity index (χ4n) is 3.85. The third-order valence-electron chi connectivity index (χ3n) is 5.71. The number of pyridine rings is 1. The summed E-state index contributed by atoms with van der Waals surface area (Å²) in [5.74, 6) is -0.0715. The van der Waals surface area contributed by atoms with Gasteiger partial charge in [-0.1, -0.05) is 59.1 Å². The van der Waals surface area contributed by atoms with Crippen LogP contribution in [0.1, 0.15) is 11.1 Å². The van der Waals surface area contributed by atoms with Crippen molar-refractivity contribution in [3.8, 4) is 17.2 Å². The molecule has 0 saturated heterocycles. The Morgan fingerprint density at radius 3 is 1.92 bits per heavy atom. The molecule has 0 fully saturated rings. The fourth-order valence-corrected chi connectivity index (χ4v) is 4.41. The lowest BCUT2D eigenvalue weighted by Crippen LogP contribution is -2.09. The number of amidine groups is 1. The van der Waals surface area contributed by atoms with E-state index in [1.165, 1.54) is 11.1 Å². The van der Waals surface area contributed by atoms with Gasteiger partial charge in [-0.25, -0.2) is 10.2 Å². The quantitative estimate of drug-likeness (QED) is 0.148. The summed E-state index contributed by atoms with van der Waals surface area (Å²) in [6, 6.07) is 26.9. The van der Waals surface area contributed by atoms with Crippen molar-refractivity contribution in [3.05, 3.63) is 102 Å². The van der Waals surface area contributed by atoms with Gasteiger partial charge >= 0.3 is 5.84 Å². The van der Waals surface area contributed by atoms with E-state index in [-0.39, 0.29) is 11.7 Å². The molecular formula is C28H19N7S. The number of anilines is 3. The molecule has 0 spiro atoms. The smallest absolute Gasteiger partial charge is 0.351 e. The van der Waals surface area contributed by atoms with E-state index in [0.717, 1.165) is 39.9 Å². The zero-order valence-electron chi connectivity index (χ0n) is 19.5. The van der Waals surface area contributed by atoms with E-state index in [2.05, 4.69) is 103 Å². The number of aromatic nitrogens is 3. The Kier molecular flexibility index (Phi) is 6.19. The van der Waals surface area contributed by atoms with Crippen LogP contribution < -0.4 is 4.90 Å². The standard InChI is InChI=1S/C28H19N7S/c1-18-4-10-21(11-5-18)35(22-12-6-19(2)7-13-22)23-14-8-20(9-15-23)24-17-31-28(32-25(16-29)30-3)27-26(24)33-36-34-27/h4-15,17H,1-2H3. The fraction of sp³-hybridized carbons (Fsp3) is 0.0714. The second kappa shape index (κ2) is 9.75. The molecule has 0 aliphatic rings. The number of aliphatic imine (C=N–C) groups is 1. The normalized spacial score (nSPS) is 11.2. The molecule has 0 aliphatic carbocycles. The predicted molar refractivity (Wildman–Crippen MR) is 144 cm³/mol. The first kappa shape index (κ1) is 22.9. The Labute approximate surface area is 212 Å². The van der Waals surface area contributed by atoms with Gasteiger partial charge < -0.3 is 9.74 Å². The third kappa shape index (κ3) is 4.41. The van der Waals surface area contributed by atoms with Crippen LogP contribution in [0.15, 0.2) is 84.0 Å². The maximum atomic E-state index is 9.05. The van der Waals surface area contributed by atoms with Crippen LogP contribution in [0.2, 0.25) is 0 Å². The molecule has 7 nitrogen and oxygen atoms in total. The van der Waals surface area contributed by atoms with Gasteiger partial charge in [0.1, 0.15) is 11.6 Å². The molecule has 0 saturated carbocycles. The van der Waals surface area contributed by atoms with E-state index in [9.17, 15) is 0 Å². The number of nitriles is 1. The summed E-state index contributed by atoms with van der Waals surface area (Å²) in [4.78, 5) is 13.7. The number of aryl methyl sites for hydroxylation is 2. The predicted octanol–water partition coefficient (Wildman–Crippen LogP) is 7.31. The molecule has 36 heavy (non-hydrogen) atoms. The average molecular weight is 486 g/mol. The molecule has 0 aliphatic heterocycles. The number of nitrogens with zero attached hydrogens (tertiary/aromatic N) is 7. The molecule has 0 bridgehead atoms. The van der Waals surface area contributed by atoms with Gasteiger partial charge in [0.25, 0.3) is 5.82 Å². The van der Waals surface area contributed by atoms with Gasteiger partial charge in [0.05, 0.1) is 11.7 Å². The highest BCUT2D eigenvalue weighted by Gasteiger charge is 2.18. The van der Waals surface area contributed by atoms with Gasteiger partial charge in [0, 0.05) is 28.8 Å². The van der Waals surface area contributed by atoms with Crippen molar-refractivity contribution in [3.63, 3.8) is 0 Å². The van der Waals surface area contributed by atoms with E-state index in [1.54, 1.807) is 12.3 Å². The highest BCUT2D eigenvalue weighted by atomic mass is 32.1. The summed E-state index contributed by atoms with van der Waals surface area (Å²) in [5.41, 5.74) is 8.41. The lowest BCUT2D eigenvalue weighted by atomic mass is 10.0. The maximum Gasteiger partial charge on any atom is 0.351 e. The first-order valence-electron chi connectivity index (χ1n) is 11.1. The summed E-state index contributed by atoms with van der Waals surface area (Å²) in [6.07, 6.45) is 1.66. The van der Waals surface area contributed by atoms with Crippen LogP contribution in [0.25, 0.3) is 27.0 Å². The minimum Gasteiger partial charge on any atom is -0.351 e. The maximum absolute atomic E-state index is 9.05. The largest absolute Gasteiger partial charge is 0.351 e. The van der Waals surface area contributed by atoms with Crippen molar-refractivity contribution in [2.75, 3.05) is 4.90 Å². The molecule has 0 amide bonds. The van der Waals surface area contributed by atoms with Crippen LogP contribution in [-0.4, -0.2) is 19.6 Å². The zero-order valence-corrected chi connectivity index (χ0v) is 20.4. The molecule has 5 rings (SSSR count). The van der Waals surface area contributed by atoms with Gasteiger partial charge in [0.15, 0.2) is 5.52 Å². The molecular weight excluding hydrogens is 466 g/mol. The van der Waals surface area contributed by atoms with Crippen molar-refractivity contribution in [2.24, 2.45) is 4.99 Å². The zero-order chi connectivity index (χ0) is 25.1. The topological polar surface area (TPSA) is 82.4 Å². The van der Waals surface area contributed by atoms with Crippen molar-refractivity contribution < 1.29 is 0 Å². The van der Waals surface area contributed by atoms with Gasteiger partial charge in [-0.05, 0) is 55.8 Å². The lowest BCUT2D eigenvalue weighted by molar-refractivity contribution is 1.27. The second-order valence-corrected chi connectivity index (χ2v) is 8.70. The highest BCUT2D eigenvalue weighted by Crippen LogP contribution is 2.37. The summed E-state index contributed by atoms with van der Waals surface area (Å²) in [5, 5.41) is 9.05. The van der Waals surface area contributed by atoms with Crippen molar-refractivity contribution in [2.45, 2.75) is 13.8 Å². The number of rotatable bonds is 5. The van der Waals surface area contributed by atoms with E-state index >= 15 is 0 Å². The molecule has 0 N–H and O–H groups in total. The van der Waals surface area contributed by atoms with E-state index in [0.29, 0.717) is 11.0 Å². The first-order chi connectivity index (χ1) is 17.6. The van der Waals surface area contributed by atoms with Crippen molar-refractivity contribution >= 4 is 51.5 Å². The Hall–Kier alpha value is -4.92. The first-order valence-corrected chi connectivity index (χ1v) is 11.8. The number of benzene rings is 3. The molecule has 5 aromatic rings. The highest BCUT2D eigenvalue weighted by molar-refractivity contribution is 7.00. The van der Waals surface area contributed by atoms with Crippen LogP contribution in [0, 0.1) is 31.8 Å². The molecule has 2 heterocycles.